The first kappa shape index (κ1) is 10.4. The first-order valence-electron chi connectivity index (χ1n) is 5.18. The lowest BCUT2D eigenvalue weighted by molar-refractivity contribution is -0.0466. The van der Waals surface area contributed by atoms with Gasteiger partial charge < -0.3 is 18.9 Å². The molecule has 2 saturated heterocycles. The Labute approximate surface area is 84.5 Å². The molecule has 0 amide bonds. The summed E-state index contributed by atoms with van der Waals surface area (Å²) in [5, 5.41) is 0. The SMILES string of the molecule is CC1(OCCCCOC2(C)CO2)CO1. The van der Waals surface area contributed by atoms with Gasteiger partial charge in [0.05, 0.1) is 13.2 Å². The van der Waals surface area contributed by atoms with Crippen molar-refractivity contribution < 1.29 is 18.9 Å². The molecule has 0 aromatic heterocycles. The van der Waals surface area contributed by atoms with Crippen molar-refractivity contribution in [1.29, 1.82) is 0 Å². The third kappa shape index (κ3) is 3.20. The van der Waals surface area contributed by atoms with Gasteiger partial charge in [-0.1, -0.05) is 0 Å². The molecule has 2 heterocycles. The molecule has 0 aromatic carbocycles. The summed E-state index contributed by atoms with van der Waals surface area (Å²) >= 11 is 0. The second kappa shape index (κ2) is 3.77. The number of ether oxygens (including phenoxy) is 4. The minimum absolute atomic E-state index is 0.271. The molecule has 2 aliphatic rings. The Morgan fingerprint density at radius 1 is 0.929 bits per heavy atom. The molecule has 14 heavy (non-hydrogen) atoms. The van der Waals surface area contributed by atoms with Gasteiger partial charge in [-0.3, -0.25) is 0 Å². The number of epoxide rings is 2. The van der Waals surface area contributed by atoms with E-state index < -0.39 is 0 Å². The predicted octanol–water partition coefficient (Wildman–Crippen LogP) is 1.29. The van der Waals surface area contributed by atoms with Crippen LogP contribution in [0.25, 0.3) is 0 Å². The van der Waals surface area contributed by atoms with Gasteiger partial charge in [0, 0.05) is 0 Å². The third-order valence-electron chi connectivity index (χ3n) is 2.46. The maximum absolute atomic E-state index is 5.48. The zero-order chi connectivity index (χ0) is 10.1. The molecule has 2 rings (SSSR count). The monoisotopic (exact) mass is 202 g/mol. The second-order valence-electron chi connectivity index (χ2n) is 4.25. The van der Waals surface area contributed by atoms with Gasteiger partial charge in [-0.2, -0.15) is 0 Å². The summed E-state index contributed by atoms with van der Waals surface area (Å²) in [6.07, 6.45) is 2.02. The minimum Gasteiger partial charge on any atom is -0.348 e. The van der Waals surface area contributed by atoms with E-state index in [0.29, 0.717) is 0 Å². The van der Waals surface area contributed by atoms with Crippen LogP contribution in [-0.4, -0.2) is 38.0 Å². The van der Waals surface area contributed by atoms with Gasteiger partial charge >= 0.3 is 0 Å². The molecule has 0 radical (unpaired) electrons. The zero-order valence-electron chi connectivity index (χ0n) is 8.88. The molecule has 2 aliphatic heterocycles. The fourth-order valence-electron chi connectivity index (χ4n) is 1.15. The standard InChI is InChI=1S/C10H18O4/c1-9(7-13-9)11-5-3-4-6-12-10(2)8-14-10/h3-8H2,1-2H3. The smallest absolute Gasteiger partial charge is 0.189 e. The van der Waals surface area contributed by atoms with Crippen LogP contribution in [0.4, 0.5) is 0 Å². The van der Waals surface area contributed by atoms with Gasteiger partial charge in [-0.25, -0.2) is 0 Å². The molecule has 0 saturated carbocycles. The normalized spacial score (nSPS) is 39.9. The number of hydrogen-bond donors (Lipinski definition) is 0. The van der Waals surface area contributed by atoms with Gasteiger partial charge in [0.15, 0.2) is 11.6 Å². The van der Waals surface area contributed by atoms with E-state index in [2.05, 4.69) is 0 Å². The van der Waals surface area contributed by atoms with Crippen molar-refractivity contribution in [3.05, 3.63) is 0 Å². The van der Waals surface area contributed by atoms with Crippen molar-refractivity contribution in [3.8, 4) is 0 Å². The highest BCUT2D eigenvalue weighted by Gasteiger charge is 2.41. The number of rotatable bonds is 7. The molecular formula is C10H18O4. The van der Waals surface area contributed by atoms with E-state index in [1.807, 2.05) is 13.8 Å². The van der Waals surface area contributed by atoms with Gasteiger partial charge in [-0.15, -0.1) is 0 Å². The molecule has 4 heteroatoms. The molecule has 0 aliphatic carbocycles. The van der Waals surface area contributed by atoms with Gasteiger partial charge in [0.25, 0.3) is 0 Å². The van der Waals surface area contributed by atoms with E-state index in [1.54, 1.807) is 0 Å². The summed E-state index contributed by atoms with van der Waals surface area (Å²) in [6, 6.07) is 0. The highest BCUT2D eigenvalue weighted by atomic mass is 16.8. The van der Waals surface area contributed by atoms with Crippen LogP contribution in [0, 0.1) is 0 Å². The molecule has 0 aromatic rings. The van der Waals surface area contributed by atoms with Gasteiger partial charge in [0.2, 0.25) is 0 Å². The van der Waals surface area contributed by atoms with Crippen LogP contribution in [0.5, 0.6) is 0 Å². The summed E-state index contributed by atoms with van der Waals surface area (Å²) in [6.45, 7) is 6.88. The topological polar surface area (TPSA) is 43.5 Å². The zero-order valence-corrected chi connectivity index (χ0v) is 8.88. The van der Waals surface area contributed by atoms with Crippen LogP contribution in [0.15, 0.2) is 0 Å². The summed E-state index contributed by atoms with van der Waals surface area (Å²) < 4.78 is 21.1. The molecule has 0 bridgehead atoms. The molecule has 0 spiro atoms. The van der Waals surface area contributed by atoms with Crippen molar-refractivity contribution in [1.82, 2.24) is 0 Å². The first-order valence-corrected chi connectivity index (χ1v) is 5.18. The van der Waals surface area contributed by atoms with E-state index in [1.165, 1.54) is 0 Å². The molecule has 4 nitrogen and oxygen atoms in total. The second-order valence-corrected chi connectivity index (χ2v) is 4.25. The van der Waals surface area contributed by atoms with E-state index in [0.717, 1.165) is 39.3 Å². The molecule has 0 N–H and O–H groups in total. The summed E-state index contributed by atoms with van der Waals surface area (Å²) in [4.78, 5) is 0. The fourth-order valence-corrected chi connectivity index (χ4v) is 1.15. The lowest BCUT2D eigenvalue weighted by Crippen LogP contribution is -2.14. The number of hydrogen-bond acceptors (Lipinski definition) is 4. The van der Waals surface area contributed by atoms with Crippen molar-refractivity contribution in [3.63, 3.8) is 0 Å². The van der Waals surface area contributed by atoms with E-state index in [9.17, 15) is 0 Å². The summed E-state index contributed by atoms with van der Waals surface area (Å²) in [5.74, 6) is -0.543. The Morgan fingerprint density at radius 2 is 1.29 bits per heavy atom. The molecular weight excluding hydrogens is 184 g/mol. The summed E-state index contributed by atoms with van der Waals surface area (Å²) in [5.41, 5.74) is 0. The average molecular weight is 202 g/mol. The highest BCUT2D eigenvalue weighted by molar-refractivity contribution is 4.75. The van der Waals surface area contributed by atoms with Gasteiger partial charge in [0.1, 0.15) is 13.2 Å². The van der Waals surface area contributed by atoms with Crippen LogP contribution in [0.2, 0.25) is 0 Å². The Balaban J connectivity index is 1.40. The highest BCUT2D eigenvalue weighted by Crippen LogP contribution is 2.28. The largest absolute Gasteiger partial charge is 0.348 e. The predicted molar refractivity (Wildman–Crippen MR) is 49.9 cm³/mol. The molecule has 2 atom stereocenters. The van der Waals surface area contributed by atoms with E-state index in [4.69, 9.17) is 18.9 Å². The maximum atomic E-state index is 5.48. The average Bonchev–Trinajstić information content (AvgIpc) is 3.02. The fraction of sp³-hybridized carbons (Fsp3) is 1.00. The van der Waals surface area contributed by atoms with E-state index >= 15 is 0 Å². The Kier molecular flexibility index (Phi) is 2.79. The Morgan fingerprint density at radius 3 is 1.57 bits per heavy atom. The van der Waals surface area contributed by atoms with Crippen molar-refractivity contribution in [2.75, 3.05) is 26.4 Å². The number of unbranched alkanes of at least 4 members (excludes halogenated alkanes) is 1. The quantitative estimate of drug-likeness (QED) is 0.461. The Bertz CT molecular complexity index is 174. The molecule has 2 fully saturated rings. The van der Waals surface area contributed by atoms with Crippen molar-refractivity contribution >= 4 is 0 Å². The van der Waals surface area contributed by atoms with Crippen LogP contribution < -0.4 is 0 Å². The summed E-state index contributed by atoms with van der Waals surface area (Å²) in [7, 11) is 0. The maximum Gasteiger partial charge on any atom is 0.189 e. The lowest BCUT2D eigenvalue weighted by Gasteiger charge is -2.09. The van der Waals surface area contributed by atoms with Gasteiger partial charge in [-0.05, 0) is 26.7 Å². The van der Waals surface area contributed by atoms with Crippen molar-refractivity contribution in [2.24, 2.45) is 0 Å². The Hall–Kier alpha value is -0.160. The van der Waals surface area contributed by atoms with Crippen molar-refractivity contribution in [2.45, 2.75) is 38.3 Å². The molecule has 2 unspecified atom stereocenters. The molecule has 82 valence electrons. The minimum atomic E-state index is -0.271. The van der Waals surface area contributed by atoms with Crippen LogP contribution in [0.1, 0.15) is 26.7 Å². The lowest BCUT2D eigenvalue weighted by atomic mass is 10.3. The first-order chi connectivity index (χ1) is 6.62. The van der Waals surface area contributed by atoms with Crippen LogP contribution in [-0.2, 0) is 18.9 Å². The van der Waals surface area contributed by atoms with E-state index in [-0.39, 0.29) is 11.6 Å². The third-order valence-corrected chi connectivity index (χ3v) is 2.46. The van der Waals surface area contributed by atoms with Crippen LogP contribution in [0.3, 0.4) is 0 Å². The van der Waals surface area contributed by atoms with Crippen LogP contribution >= 0.6 is 0 Å².